The molecule has 0 amide bonds. The molecule has 0 aliphatic carbocycles. The van der Waals surface area contributed by atoms with E-state index in [-0.39, 0.29) is 44.1 Å². The minimum Gasteiger partial charge on any atom is -1.00 e. The molecule has 0 fully saturated rings. The smallest absolute Gasteiger partial charge is 1.00 e. The Bertz CT molecular complexity index is 969. The molecule has 0 bridgehead atoms. The predicted octanol–water partition coefficient (Wildman–Crippen LogP) is 0.232. The maximum atomic E-state index is 7.00. The van der Waals surface area contributed by atoms with E-state index in [0.29, 0.717) is 0 Å². The molecule has 0 aliphatic heterocycles. The molecule has 3 nitrogen and oxygen atoms in total. The van der Waals surface area contributed by atoms with Crippen LogP contribution in [0.15, 0.2) is 71.6 Å². The Labute approximate surface area is 170 Å². The van der Waals surface area contributed by atoms with Gasteiger partial charge in [0.15, 0.2) is 0 Å². The van der Waals surface area contributed by atoms with Crippen molar-refractivity contribution in [1.29, 1.82) is 0 Å². The van der Waals surface area contributed by atoms with Crippen LogP contribution < -0.4 is 29.6 Å². The molecule has 4 rings (SSSR count). The molecule has 0 aliphatic rings. The zero-order chi connectivity index (χ0) is 15.5. The zero-order valence-electron chi connectivity index (χ0n) is 14.3. The van der Waals surface area contributed by atoms with E-state index in [1.165, 1.54) is 32.3 Å². The van der Waals surface area contributed by atoms with Crippen molar-refractivity contribution in [2.75, 3.05) is 0 Å². The van der Waals surface area contributed by atoms with Gasteiger partial charge in [-0.3, -0.25) is 0 Å². The van der Waals surface area contributed by atoms with Crippen molar-refractivity contribution in [3.63, 3.8) is 0 Å². The summed E-state index contributed by atoms with van der Waals surface area (Å²) in [7, 11) is 0. The van der Waals surface area contributed by atoms with Crippen LogP contribution in [0.4, 0.5) is 0 Å². The maximum absolute atomic E-state index is 7.00. The monoisotopic (exact) mass is 347 g/mol. The van der Waals surface area contributed by atoms with Crippen molar-refractivity contribution in [2.24, 2.45) is 0 Å². The summed E-state index contributed by atoms with van der Waals surface area (Å²) in [6.07, 6.45) is 0. The van der Waals surface area contributed by atoms with Gasteiger partial charge in [0, 0.05) is 10.3 Å². The first-order valence-electron chi connectivity index (χ1n) is 6.88. The van der Waals surface area contributed by atoms with Gasteiger partial charge in [-0.1, -0.05) is 48.5 Å². The van der Waals surface area contributed by atoms with Crippen LogP contribution in [0.25, 0.3) is 32.3 Å². The van der Waals surface area contributed by atoms with Crippen molar-refractivity contribution >= 4 is 52.6 Å². The van der Waals surface area contributed by atoms with Crippen LogP contribution in [-0.2, 0) is 0 Å². The predicted molar refractivity (Wildman–Crippen MR) is 101 cm³/mol. The van der Waals surface area contributed by atoms with Crippen LogP contribution in [0.3, 0.4) is 0 Å². The molecule has 6 heteroatoms. The average Bonchev–Trinajstić information content (AvgIpc) is 2.53. The molecule has 0 heterocycles. The Morgan fingerprint density at radius 2 is 1.29 bits per heavy atom. The molecule has 4 N–H and O–H groups in total. The fourth-order valence-corrected chi connectivity index (χ4v) is 3.12. The summed E-state index contributed by atoms with van der Waals surface area (Å²) in [5.74, 6) is 0. The Morgan fingerprint density at radius 3 is 1.96 bits per heavy atom. The third-order valence-corrected chi connectivity index (χ3v) is 4.08. The fraction of sp³-hybridized carbons (Fsp3) is 0. The molecule has 0 aromatic heterocycles. The summed E-state index contributed by atoms with van der Waals surface area (Å²) in [6.45, 7) is 0. The molecule has 1 radical (unpaired) electrons. The summed E-state index contributed by atoms with van der Waals surface area (Å²) in [5.41, 5.74) is 0. The van der Waals surface area contributed by atoms with E-state index in [0.717, 1.165) is 4.90 Å². The van der Waals surface area contributed by atoms with Gasteiger partial charge in [-0.05, 0) is 45.1 Å². The maximum Gasteiger partial charge on any atom is 1.00 e. The van der Waals surface area contributed by atoms with Gasteiger partial charge in [0.1, 0.15) is 0 Å². The van der Waals surface area contributed by atoms with Crippen molar-refractivity contribution in [2.45, 2.75) is 4.90 Å². The van der Waals surface area contributed by atoms with Crippen LogP contribution >= 0.6 is 12.6 Å². The second-order valence-electron chi connectivity index (χ2n) is 4.98. The Morgan fingerprint density at radius 1 is 0.750 bits per heavy atom. The second kappa shape index (κ2) is 9.44. The van der Waals surface area contributed by atoms with Gasteiger partial charge >= 0.3 is 37.2 Å². The molecule has 117 valence electrons. The van der Waals surface area contributed by atoms with E-state index in [1.807, 2.05) is 0 Å². The zero-order valence-corrected chi connectivity index (χ0v) is 16.2. The summed E-state index contributed by atoms with van der Waals surface area (Å²) >= 11 is 4.62. The normalized spacial score (nSPS) is 9.62. The van der Waals surface area contributed by atoms with Crippen LogP contribution in [0.2, 0.25) is 0 Å². The van der Waals surface area contributed by atoms with Gasteiger partial charge < -0.3 is 17.0 Å². The van der Waals surface area contributed by atoms with Crippen LogP contribution in [0, 0.1) is 0 Å². The van der Waals surface area contributed by atoms with Crippen LogP contribution in [0.1, 0.15) is 1.43 Å². The molecular weight excluding hydrogens is 330 g/mol. The summed E-state index contributed by atoms with van der Waals surface area (Å²) < 4.78 is 0. The standard InChI is InChI=1S/C18H12S.BH2O2.Na.H2O.H/c19-17-7-3-6-12-8-9-15-10-13-4-1-2-5-14(13)11-16(15)18(12)17;2-1-3;;;/h1-11,19H;2-3H;;1H2;/q;;+1;;-1. The van der Waals surface area contributed by atoms with Crippen molar-refractivity contribution < 1.29 is 46.5 Å². The SMILES string of the molecule is O.O[B]O.Sc1cccc2ccc3cc4ccccc4cc3c12.[H-].[Na+]. The van der Waals surface area contributed by atoms with E-state index < -0.39 is 0 Å². The number of hydrogen-bond acceptors (Lipinski definition) is 3. The average molecular weight is 347 g/mol. The molecule has 4 aromatic carbocycles. The fourth-order valence-electron chi connectivity index (χ4n) is 2.78. The molecule has 0 saturated heterocycles. The number of hydrogen-bond donors (Lipinski definition) is 3. The first-order valence-corrected chi connectivity index (χ1v) is 7.32. The number of fused-ring (bicyclic) bond motifs is 4. The van der Waals surface area contributed by atoms with E-state index >= 15 is 0 Å². The van der Waals surface area contributed by atoms with Crippen molar-refractivity contribution in [3.8, 4) is 0 Å². The first-order chi connectivity index (χ1) is 10.7. The molecular formula is C18H17BNaO3S. The third-order valence-electron chi connectivity index (χ3n) is 3.70. The van der Waals surface area contributed by atoms with Gasteiger partial charge in [0.25, 0.3) is 0 Å². The van der Waals surface area contributed by atoms with E-state index in [4.69, 9.17) is 10.0 Å². The van der Waals surface area contributed by atoms with Gasteiger partial charge in [0.05, 0.1) is 0 Å². The minimum atomic E-state index is 0. The number of rotatable bonds is 0. The summed E-state index contributed by atoms with van der Waals surface area (Å²) in [5, 5.41) is 21.6. The summed E-state index contributed by atoms with van der Waals surface area (Å²) in [4.78, 5) is 1.04. The topological polar surface area (TPSA) is 72.0 Å². The van der Waals surface area contributed by atoms with Gasteiger partial charge in [0.2, 0.25) is 0 Å². The molecule has 0 unspecified atom stereocenters. The van der Waals surface area contributed by atoms with Crippen molar-refractivity contribution in [1.82, 2.24) is 0 Å². The molecule has 0 saturated carbocycles. The van der Waals surface area contributed by atoms with E-state index in [2.05, 4.69) is 79.4 Å². The van der Waals surface area contributed by atoms with Gasteiger partial charge in [-0.2, -0.15) is 0 Å². The van der Waals surface area contributed by atoms with Crippen LogP contribution in [0.5, 0.6) is 0 Å². The number of thiol groups is 1. The first kappa shape index (κ1) is 21.0. The minimum absolute atomic E-state index is 0. The Kier molecular flexibility index (Phi) is 8.26. The van der Waals surface area contributed by atoms with Crippen LogP contribution in [-0.4, -0.2) is 23.2 Å². The largest absolute Gasteiger partial charge is 1.00 e. The Hall–Kier alpha value is -1.05. The molecule has 0 atom stereocenters. The summed E-state index contributed by atoms with van der Waals surface area (Å²) in [6, 6.07) is 23.6. The quantitative estimate of drug-likeness (QED) is 0.184. The van der Waals surface area contributed by atoms with Crippen molar-refractivity contribution in [3.05, 3.63) is 66.7 Å². The molecule has 0 spiro atoms. The van der Waals surface area contributed by atoms with Gasteiger partial charge in [-0.15, -0.1) is 12.6 Å². The van der Waals surface area contributed by atoms with E-state index in [1.54, 1.807) is 0 Å². The Balaban J connectivity index is 0.000000902. The van der Waals surface area contributed by atoms with Gasteiger partial charge in [-0.25, -0.2) is 0 Å². The number of benzene rings is 4. The second-order valence-corrected chi connectivity index (χ2v) is 5.46. The van der Waals surface area contributed by atoms with E-state index in [9.17, 15) is 0 Å². The third kappa shape index (κ3) is 4.13. The molecule has 24 heavy (non-hydrogen) atoms. The molecule has 4 aromatic rings.